The van der Waals surface area contributed by atoms with E-state index in [0.717, 1.165) is 17.7 Å². The molecule has 1 aromatic heterocycles. The highest BCUT2D eigenvalue weighted by molar-refractivity contribution is 5.62. The highest BCUT2D eigenvalue weighted by Crippen LogP contribution is 2.23. The van der Waals surface area contributed by atoms with Gasteiger partial charge < -0.3 is 10.1 Å². The van der Waals surface area contributed by atoms with E-state index < -0.39 is 0 Å². The van der Waals surface area contributed by atoms with Crippen LogP contribution in [-0.2, 0) is 0 Å². The third kappa shape index (κ3) is 2.99. The van der Waals surface area contributed by atoms with Crippen molar-refractivity contribution in [2.24, 2.45) is 0 Å². The van der Waals surface area contributed by atoms with E-state index in [-0.39, 0.29) is 0 Å². The Bertz CT molecular complexity index is 584. The van der Waals surface area contributed by atoms with Crippen LogP contribution >= 0.6 is 0 Å². The van der Waals surface area contributed by atoms with E-state index in [0.29, 0.717) is 17.8 Å². The van der Waals surface area contributed by atoms with E-state index in [1.807, 2.05) is 20.8 Å². The number of rotatable bonds is 4. The van der Waals surface area contributed by atoms with E-state index in [1.165, 1.54) is 5.56 Å². The molecule has 19 heavy (non-hydrogen) atoms. The van der Waals surface area contributed by atoms with Crippen molar-refractivity contribution in [2.75, 3.05) is 19.0 Å². The fourth-order valence-corrected chi connectivity index (χ4v) is 1.78. The predicted octanol–water partition coefficient (Wildman–Crippen LogP) is 2.60. The van der Waals surface area contributed by atoms with Gasteiger partial charge in [-0.05, 0) is 32.4 Å². The van der Waals surface area contributed by atoms with Crippen molar-refractivity contribution in [3.63, 3.8) is 0 Å². The van der Waals surface area contributed by atoms with Gasteiger partial charge in [-0.3, -0.25) is 0 Å². The van der Waals surface area contributed by atoms with Crippen LogP contribution in [0.15, 0.2) is 18.2 Å². The van der Waals surface area contributed by atoms with Gasteiger partial charge in [-0.15, -0.1) is 0 Å². The van der Waals surface area contributed by atoms with E-state index in [4.69, 9.17) is 4.74 Å². The summed E-state index contributed by atoms with van der Waals surface area (Å²) in [6, 6.07) is 6.53. The Morgan fingerprint density at radius 3 is 2.63 bits per heavy atom. The summed E-state index contributed by atoms with van der Waals surface area (Å²) in [6.45, 7) is 6.83. The molecule has 0 saturated heterocycles. The van der Waals surface area contributed by atoms with E-state index >= 15 is 0 Å². The minimum atomic E-state index is 0.321. The molecule has 0 aliphatic rings. The lowest BCUT2D eigenvalue weighted by atomic mass is 10.1. The van der Waals surface area contributed by atoms with Crippen LogP contribution in [0.4, 0.5) is 5.95 Å². The second kappa shape index (κ2) is 5.65. The van der Waals surface area contributed by atoms with E-state index in [1.54, 1.807) is 7.11 Å². The normalized spacial score (nSPS) is 10.3. The Hall–Kier alpha value is -2.17. The molecule has 0 amide bonds. The van der Waals surface area contributed by atoms with Gasteiger partial charge in [0, 0.05) is 12.1 Å². The first-order chi connectivity index (χ1) is 9.13. The quantitative estimate of drug-likeness (QED) is 0.913. The van der Waals surface area contributed by atoms with Crippen LogP contribution in [0.3, 0.4) is 0 Å². The fraction of sp³-hybridized carbons (Fsp3) is 0.357. The molecule has 0 atom stereocenters. The summed E-state index contributed by atoms with van der Waals surface area (Å²) >= 11 is 0. The first kappa shape index (κ1) is 13.3. The monoisotopic (exact) mass is 258 g/mol. The molecule has 0 saturated carbocycles. The molecular weight excluding hydrogens is 240 g/mol. The Labute approximate surface area is 113 Å². The number of benzene rings is 1. The van der Waals surface area contributed by atoms with Crippen molar-refractivity contribution >= 4 is 5.95 Å². The Morgan fingerprint density at radius 2 is 1.95 bits per heavy atom. The molecule has 0 unspecified atom stereocenters. The average molecular weight is 258 g/mol. The van der Waals surface area contributed by atoms with Crippen molar-refractivity contribution in [3.05, 3.63) is 29.3 Å². The van der Waals surface area contributed by atoms with Crippen molar-refractivity contribution in [3.8, 4) is 17.4 Å². The van der Waals surface area contributed by atoms with Crippen LogP contribution in [0.1, 0.15) is 18.1 Å². The molecule has 0 spiro atoms. The molecule has 2 rings (SSSR count). The van der Waals surface area contributed by atoms with Gasteiger partial charge in [0.15, 0.2) is 5.82 Å². The van der Waals surface area contributed by atoms with Gasteiger partial charge in [0.1, 0.15) is 0 Å². The highest BCUT2D eigenvalue weighted by atomic mass is 16.5. The molecule has 0 bridgehead atoms. The zero-order chi connectivity index (χ0) is 13.8. The summed E-state index contributed by atoms with van der Waals surface area (Å²) in [5.41, 5.74) is 3.30. The summed E-state index contributed by atoms with van der Waals surface area (Å²) in [5, 5.41) is 3.08. The van der Waals surface area contributed by atoms with E-state index in [2.05, 4.69) is 38.5 Å². The molecule has 1 aromatic carbocycles. The smallest absolute Gasteiger partial charge is 0.321 e. The lowest BCUT2D eigenvalue weighted by Gasteiger charge is -2.09. The second-order valence-electron chi connectivity index (χ2n) is 4.32. The van der Waals surface area contributed by atoms with Gasteiger partial charge in [0.25, 0.3) is 0 Å². The lowest BCUT2D eigenvalue weighted by Crippen LogP contribution is -2.06. The largest absolute Gasteiger partial charge is 0.467 e. The van der Waals surface area contributed by atoms with Crippen LogP contribution in [-0.4, -0.2) is 28.6 Å². The summed E-state index contributed by atoms with van der Waals surface area (Å²) in [6.07, 6.45) is 0. The molecule has 100 valence electrons. The fourth-order valence-electron chi connectivity index (χ4n) is 1.78. The predicted molar refractivity (Wildman–Crippen MR) is 75.5 cm³/mol. The number of aryl methyl sites for hydroxylation is 2. The van der Waals surface area contributed by atoms with Crippen LogP contribution in [0, 0.1) is 13.8 Å². The molecule has 0 radical (unpaired) electrons. The maximum Gasteiger partial charge on any atom is 0.321 e. The third-order valence-corrected chi connectivity index (χ3v) is 2.77. The van der Waals surface area contributed by atoms with Gasteiger partial charge in [-0.2, -0.15) is 15.0 Å². The molecule has 5 heteroatoms. The van der Waals surface area contributed by atoms with Crippen LogP contribution < -0.4 is 10.1 Å². The summed E-state index contributed by atoms with van der Waals surface area (Å²) < 4.78 is 5.13. The summed E-state index contributed by atoms with van der Waals surface area (Å²) in [7, 11) is 1.55. The van der Waals surface area contributed by atoms with Gasteiger partial charge >= 0.3 is 6.01 Å². The summed E-state index contributed by atoms with van der Waals surface area (Å²) in [4.78, 5) is 12.9. The van der Waals surface area contributed by atoms with Crippen molar-refractivity contribution in [1.29, 1.82) is 0 Å². The zero-order valence-electron chi connectivity index (χ0n) is 11.7. The first-order valence-corrected chi connectivity index (χ1v) is 6.25. The first-order valence-electron chi connectivity index (χ1n) is 6.25. The minimum Gasteiger partial charge on any atom is -0.467 e. The zero-order valence-corrected chi connectivity index (χ0v) is 11.7. The topological polar surface area (TPSA) is 59.9 Å². The van der Waals surface area contributed by atoms with Gasteiger partial charge in [-0.25, -0.2) is 0 Å². The molecular formula is C14H18N4O. The number of anilines is 1. The average Bonchev–Trinajstić information content (AvgIpc) is 2.41. The number of hydrogen-bond donors (Lipinski definition) is 1. The lowest BCUT2D eigenvalue weighted by molar-refractivity contribution is 0.379. The molecule has 2 aromatic rings. The number of nitrogens with one attached hydrogen (secondary N) is 1. The standard InChI is InChI=1S/C14H18N4O/c1-5-15-13-16-12(17-14(18-13)19-4)11-8-9(2)6-7-10(11)3/h6-8H,5H2,1-4H3,(H,15,16,17,18). The maximum absolute atomic E-state index is 5.13. The van der Waals surface area contributed by atoms with Crippen LogP contribution in [0.5, 0.6) is 6.01 Å². The number of aromatic nitrogens is 3. The highest BCUT2D eigenvalue weighted by Gasteiger charge is 2.10. The Kier molecular flexibility index (Phi) is 3.94. The molecule has 1 heterocycles. The van der Waals surface area contributed by atoms with E-state index in [9.17, 15) is 0 Å². The molecule has 1 N–H and O–H groups in total. The number of nitrogens with zero attached hydrogens (tertiary/aromatic N) is 3. The molecule has 0 aliphatic carbocycles. The van der Waals surface area contributed by atoms with Gasteiger partial charge in [-0.1, -0.05) is 17.7 Å². The van der Waals surface area contributed by atoms with Crippen LogP contribution in [0.2, 0.25) is 0 Å². The van der Waals surface area contributed by atoms with Crippen LogP contribution in [0.25, 0.3) is 11.4 Å². The Balaban J connectivity index is 2.54. The minimum absolute atomic E-state index is 0.321. The van der Waals surface area contributed by atoms with Crippen molar-refractivity contribution < 1.29 is 4.74 Å². The number of hydrogen-bond acceptors (Lipinski definition) is 5. The SMILES string of the molecule is CCNc1nc(OC)nc(-c2cc(C)ccc2C)n1. The van der Waals surface area contributed by atoms with Gasteiger partial charge in [0.2, 0.25) is 5.95 Å². The number of ether oxygens (including phenoxy) is 1. The number of methoxy groups -OCH3 is 1. The van der Waals surface area contributed by atoms with Crippen molar-refractivity contribution in [2.45, 2.75) is 20.8 Å². The molecule has 0 fully saturated rings. The third-order valence-electron chi connectivity index (χ3n) is 2.77. The van der Waals surface area contributed by atoms with Crippen molar-refractivity contribution in [1.82, 2.24) is 15.0 Å². The Morgan fingerprint density at radius 1 is 1.16 bits per heavy atom. The molecule has 5 nitrogen and oxygen atoms in total. The maximum atomic E-state index is 5.13. The molecule has 0 aliphatic heterocycles. The second-order valence-corrected chi connectivity index (χ2v) is 4.32. The summed E-state index contributed by atoms with van der Waals surface area (Å²) in [5.74, 6) is 1.16. The van der Waals surface area contributed by atoms with Gasteiger partial charge in [0.05, 0.1) is 7.11 Å².